The molecule has 6 heteroatoms. The van der Waals surface area contributed by atoms with E-state index in [0.29, 0.717) is 13.2 Å². The molecule has 0 aromatic heterocycles. The first-order valence-corrected chi connectivity index (χ1v) is 10.7. The lowest BCUT2D eigenvalue weighted by Crippen LogP contribution is -2.19. The van der Waals surface area contributed by atoms with Crippen LogP contribution in [0.1, 0.15) is 27.2 Å². The molecule has 0 amide bonds. The summed E-state index contributed by atoms with van der Waals surface area (Å²) in [5.41, 5.74) is 0.830. The molecule has 0 saturated carbocycles. The van der Waals surface area contributed by atoms with E-state index in [4.69, 9.17) is 4.52 Å². The highest BCUT2D eigenvalue weighted by molar-refractivity contribution is 8.55. The summed E-state index contributed by atoms with van der Waals surface area (Å²) in [6.07, 6.45) is 6.47. The maximum absolute atomic E-state index is 13.1. The Bertz CT molecular complexity index is 520. The maximum Gasteiger partial charge on any atom is 0.354 e. The lowest BCUT2D eigenvalue weighted by molar-refractivity contribution is 0.321. The number of allylic oxidation sites excluding steroid dienone is 1. The summed E-state index contributed by atoms with van der Waals surface area (Å²) in [6.45, 7) is 3.84. The third-order valence-corrected chi connectivity index (χ3v) is 7.56. The van der Waals surface area contributed by atoms with Gasteiger partial charge in [0, 0.05) is 12.3 Å². The topological polar surface area (TPSA) is 41.9 Å². The molecule has 1 rings (SSSR count). The fourth-order valence-corrected chi connectivity index (χ4v) is 5.76. The van der Waals surface area contributed by atoms with Crippen molar-refractivity contribution in [3.8, 4) is 0 Å². The first kappa shape index (κ1) is 19.0. The van der Waals surface area contributed by atoms with Crippen molar-refractivity contribution in [3.05, 3.63) is 42.5 Å². The minimum atomic E-state index is -2.96. The molecule has 1 atom stereocenters. The van der Waals surface area contributed by atoms with Gasteiger partial charge in [-0.25, -0.2) is 4.99 Å². The van der Waals surface area contributed by atoms with Crippen LogP contribution in [0.15, 0.2) is 47.5 Å². The zero-order valence-electron chi connectivity index (χ0n) is 13.5. The predicted octanol–water partition coefficient (Wildman–Crippen LogP) is 5.51. The maximum atomic E-state index is 13.1. The van der Waals surface area contributed by atoms with Crippen molar-refractivity contribution < 1.29 is 9.09 Å². The van der Waals surface area contributed by atoms with E-state index in [1.165, 1.54) is 11.4 Å². The number of benzene rings is 1. The Kier molecular flexibility index (Phi) is 9.21. The van der Waals surface area contributed by atoms with Gasteiger partial charge in [-0.3, -0.25) is 9.24 Å². The zero-order valence-corrected chi connectivity index (χ0v) is 15.2. The number of rotatable bonds is 10. The van der Waals surface area contributed by atoms with E-state index in [1.54, 1.807) is 11.0 Å². The standard InChI is InChI=1S/C16H25N2O2PS/c1-4-7-13-18(15-17-16-11-9-8-10-12-16)21(19,20-6-3)22-14-5-2/h4,7-12,15H,5-6,13-14H2,1-3H3. The SMILES string of the molecule is CC=CCN(C=Nc1ccccc1)P(=O)(OCC)SCCC. The van der Waals surface area contributed by atoms with Crippen LogP contribution < -0.4 is 0 Å². The second-order valence-electron chi connectivity index (χ2n) is 4.49. The molecule has 0 fully saturated rings. The van der Waals surface area contributed by atoms with Crippen molar-refractivity contribution in [3.63, 3.8) is 0 Å². The van der Waals surface area contributed by atoms with Crippen LogP contribution in [-0.4, -0.2) is 29.9 Å². The molecule has 1 aromatic carbocycles. The summed E-state index contributed by atoms with van der Waals surface area (Å²) in [4.78, 5) is 4.42. The van der Waals surface area contributed by atoms with Crippen molar-refractivity contribution in [1.82, 2.24) is 4.67 Å². The Labute approximate surface area is 137 Å². The van der Waals surface area contributed by atoms with Crippen molar-refractivity contribution in [2.45, 2.75) is 27.2 Å². The molecule has 0 aliphatic carbocycles. The van der Waals surface area contributed by atoms with E-state index < -0.39 is 6.72 Å². The number of hydrogen-bond acceptors (Lipinski definition) is 4. The number of para-hydroxylation sites is 1. The third-order valence-electron chi connectivity index (χ3n) is 2.69. The molecule has 0 aliphatic rings. The summed E-state index contributed by atoms with van der Waals surface area (Å²) < 4.78 is 20.5. The summed E-state index contributed by atoms with van der Waals surface area (Å²) in [6, 6.07) is 9.62. The van der Waals surface area contributed by atoms with Crippen molar-refractivity contribution in [2.24, 2.45) is 4.99 Å². The molecule has 0 N–H and O–H groups in total. The second kappa shape index (κ2) is 10.7. The van der Waals surface area contributed by atoms with Gasteiger partial charge in [-0.15, -0.1) is 0 Å². The predicted molar refractivity (Wildman–Crippen MR) is 98.1 cm³/mol. The van der Waals surface area contributed by atoms with Gasteiger partial charge in [-0.05, 0) is 43.8 Å². The second-order valence-corrected chi connectivity index (χ2v) is 9.03. The van der Waals surface area contributed by atoms with Crippen LogP contribution >= 0.6 is 18.1 Å². The fraction of sp³-hybridized carbons (Fsp3) is 0.438. The molecule has 1 aromatic rings. The highest BCUT2D eigenvalue weighted by atomic mass is 32.7. The van der Waals surface area contributed by atoms with Gasteiger partial charge in [0.15, 0.2) is 0 Å². The molecule has 0 saturated heterocycles. The van der Waals surface area contributed by atoms with Crippen LogP contribution in [0.4, 0.5) is 5.69 Å². The average molecular weight is 340 g/mol. The first-order valence-electron chi connectivity index (χ1n) is 7.53. The Morgan fingerprint density at radius 3 is 2.64 bits per heavy atom. The minimum absolute atomic E-state index is 0.416. The van der Waals surface area contributed by atoms with E-state index in [1.807, 2.05) is 56.3 Å². The van der Waals surface area contributed by atoms with Crippen LogP contribution in [0.5, 0.6) is 0 Å². The van der Waals surface area contributed by atoms with E-state index in [9.17, 15) is 4.57 Å². The lowest BCUT2D eigenvalue weighted by Gasteiger charge is -2.27. The fourth-order valence-electron chi connectivity index (χ4n) is 1.63. The van der Waals surface area contributed by atoms with Crippen LogP contribution in [0.2, 0.25) is 0 Å². The van der Waals surface area contributed by atoms with Gasteiger partial charge in [-0.1, -0.05) is 37.3 Å². The largest absolute Gasteiger partial charge is 0.354 e. The Morgan fingerprint density at radius 2 is 2.05 bits per heavy atom. The van der Waals surface area contributed by atoms with Crippen LogP contribution in [0.3, 0.4) is 0 Å². The van der Waals surface area contributed by atoms with E-state index in [2.05, 4.69) is 11.9 Å². The Balaban J connectivity index is 2.97. The highest BCUT2D eigenvalue weighted by Gasteiger charge is 2.29. The average Bonchev–Trinajstić information content (AvgIpc) is 2.54. The Hall–Kier alpha value is -1.03. The van der Waals surface area contributed by atoms with Crippen LogP contribution in [0, 0.1) is 0 Å². The van der Waals surface area contributed by atoms with E-state index in [-0.39, 0.29) is 0 Å². The monoisotopic (exact) mass is 340 g/mol. The molecule has 0 radical (unpaired) electrons. The van der Waals surface area contributed by atoms with Gasteiger partial charge in [0.2, 0.25) is 0 Å². The minimum Gasteiger partial charge on any atom is -0.306 e. The van der Waals surface area contributed by atoms with Gasteiger partial charge in [0.05, 0.1) is 18.6 Å². The first-order chi connectivity index (χ1) is 10.7. The molecular formula is C16H25N2O2PS. The molecule has 122 valence electrons. The molecule has 0 spiro atoms. The third kappa shape index (κ3) is 6.39. The highest BCUT2D eigenvalue weighted by Crippen LogP contribution is 2.62. The van der Waals surface area contributed by atoms with E-state index >= 15 is 0 Å². The molecular weight excluding hydrogens is 315 g/mol. The van der Waals surface area contributed by atoms with Gasteiger partial charge < -0.3 is 4.52 Å². The van der Waals surface area contributed by atoms with Crippen molar-refractivity contribution in [2.75, 3.05) is 18.9 Å². The normalized spacial score (nSPS) is 14.5. The molecule has 22 heavy (non-hydrogen) atoms. The smallest absolute Gasteiger partial charge is 0.306 e. The van der Waals surface area contributed by atoms with Crippen molar-refractivity contribution >= 4 is 30.1 Å². The van der Waals surface area contributed by atoms with Crippen molar-refractivity contribution in [1.29, 1.82) is 0 Å². The molecule has 0 heterocycles. The molecule has 0 bridgehead atoms. The molecule has 4 nitrogen and oxygen atoms in total. The molecule has 0 aliphatic heterocycles. The van der Waals surface area contributed by atoms with Gasteiger partial charge in [0.1, 0.15) is 0 Å². The summed E-state index contributed by atoms with van der Waals surface area (Å²) in [5, 5.41) is 0. The number of hydrogen-bond donors (Lipinski definition) is 0. The number of nitrogens with zero attached hydrogens (tertiary/aromatic N) is 2. The van der Waals surface area contributed by atoms with Gasteiger partial charge >= 0.3 is 6.72 Å². The van der Waals surface area contributed by atoms with Gasteiger partial charge in [-0.2, -0.15) is 0 Å². The van der Waals surface area contributed by atoms with Gasteiger partial charge in [0.25, 0.3) is 0 Å². The zero-order chi connectivity index (χ0) is 16.3. The summed E-state index contributed by atoms with van der Waals surface area (Å²) in [5.74, 6) is 0.794. The van der Waals surface area contributed by atoms with E-state index in [0.717, 1.165) is 17.9 Å². The summed E-state index contributed by atoms with van der Waals surface area (Å²) >= 11 is 1.38. The number of aliphatic imine (C=N–C) groups is 1. The quantitative estimate of drug-likeness (QED) is 0.244. The van der Waals surface area contributed by atoms with Crippen LogP contribution in [-0.2, 0) is 9.09 Å². The molecule has 1 unspecified atom stereocenters. The van der Waals surface area contributed by atoms with Crippen LogP contribution in [0.25, 0.3) is 0 Å². The Morgan fingerprint density at radius 1 is 1.32 bits per heavy atom. The summed E-state index contributed by atoms with van der Waals surface area (Å²) in [7, 11) is 0. The lowest BCUT2D eigenvalue weighted by atomic mass is 10.3.